The Morgan fingerprint density at radius 1 is 0.647 bits per heavy atom. The number of β-amino-alcohol motifs (C(OH)–C–C–N with tert-alkyl or cyclic N) is 2. The van der Waals surface area contributed by atoms with Crippen LogP contribution >= 0.6 is 0 Å². The predicted molar refractivity (Wildman–Crippen MR) is 133 cm³/mol. The van der Waals surface area contributed by atoms with E-state index in [9.17, 15) is 20.4 Å². The number of benzene rings is 2. The van der Waals surface area contributed by atoms with Crippen molar-refractivity contribution in [2.45, 2.75) is 78.0 Å². The third-order valence-corrected chi connectivity index (χ3v) is 4.97. The van der Waals surface area contributed by atoms with Gasteiger partial charge in [0.1, 0.15) is 11.5 Å². The highest BCUT2D eigenvalue weighted by Gasteiger charge is 2.15. The molecule has 0 spiro atoms. The topological polar surface area (TPSA) is 145 Å². The van der Waals surface area contributed by atoms with Crippen molar-refractivity contribution in [2.75, 3.05) is 13.1 Å². The van der Waals surface area contributed by atoms with Crippen molar-refractivity contribution in [1.29, 1.82) is 0 Å². The van der Waals surface area contributed by atoms with E-state index in [0.717, 1.165) is 0 Å². The minimum atomic E-state index is -0.653. The fraction of sp³-hybridized carbons (Fsp3) is 0.538. The summed E-state index contributed by atoms with van der Waals surface area (Å²) in [6.45, 7) is 12.5. The standard InChI is InChI=1S/2C13H21NO3/c2*1-13(2,3)14-7-12(17)9-4-5-11(16)10(6-9)8-15/h2*4-6,12,14-17H,7-8H2,1-3H3/t2*12-/m00/s1. The second kappa shape index (κ2) is 13.0. The molecule has 2 aromatic carbocycles. The number of rotatable bonds is 8. The summed E-state index contributed by atoms with van der Waals surface area (Å²) >= 11 is 0. The highest BCUT2D eigenvalue weighted by atomic mass is 16.3. The first-order valence-corrected chi connectivity index (χ1v) is 11.4. The summed E-state index contributed by atoms with van der Waals surface area (Å²) in [5.41, 5.74) is 2.11. The Balaban J connectivity index is 0.000000340. The molecule has 2 aromatic rings. The van der Waals surface area contributed by atoms with Crippen molar-refractivity contribution in [3.63, 3.8) is 0 Å². The SMILES string of the molecule is CC(C)(C)NC[C@H](O)c1ccc(O)c(CO)c1.CC(C)(C)NC[C@H](O)c1ccc(O)c(CO)c1. The molecular formula is C26H42N2O6. The van der Waals surface area contributed by atoms with E-state index in [1.165, 1.54) is 12.1 Å². The number of hydrogen-bond acceptors (Lipinski definition) is 8. The molecule has 8 heteroatoms. The van der Waals surface area contributed by atoms with Crippen molar-refractivity contribution in [2.24, 2.45) is 0 Å². The number of aliphatic hydroxyl groups excluding tert-OH is 4. The number of hydrogen-bond donors (Lipinski definition) is 8. The average Bonchev–Trinajstić information content (AvgIpc) is 2.76. The van der Waals surface area contributed by atoms with E-state index < -0.39 is 12.2 Å². The quantitative estimate of drug-likeness (QED) is 0.289. The van der Waals surface area contributed by atoms with Crippen LogP contribution in [0.4, 0.5) is 0 Å². The summed E-state index contributed by atoms with van der Waals surface area (Å²) < 4.78 is 0. The molecule has 0 aliphatic rings. The van der Waals surface area contributed by atoms with Gasteiger partial charge in [0.05, 0.1) is 25.4 Å². The van der Waals surface area contributed by atoms with E-state index >= 15 is 0 Å². The lowest BCUT2D eigenvalue weighted by Gasteiger charge is -2.23. The van der Waals surface area contributed by atoms with Gasteiger partial charge in [0.25, 0.3) is 0 Å². The van der Waals surface area contributed by atoms with Crippen molar-refractivity contribution in [3.8, 4) is 11.5 Å². The van der Waals surface area contributed by atoms with Crippen LogP contribution in [-0.4, -0.2) is 54.8 Å². The number of nitrogens with one attached hydrogen (secondary N) is 2. The zero-order valence-electron chi connectivity index (χ0n) is 21.1. The van der Waals surface area contributed by atoms with Crippen LogP contribution in [0.15, 0.2) is 36.4 Å². The molecular weight excluding hydrogens is 436 g/mol. The van der Waals surface area contributed by atoms with Gasteiger partial charge in [0.15, 0.2) is 0 Å². The lowest BCUT2D eigenvalue weighted by molar-refractivity contribution is 0.162. The second-order valence-corrected chi connectivity index (χ2v) is 10.4. The molecule has 0 fully saturated rings. The normalized spacial score (nSPS) is 13.7. The van der Waals surface area contributed by atoms with Crippen LogP contribution in [-0.2, 0) is 13.2 Å². The zero-order chi connectivity index (χ0) is 26.1. The summed E-state index contributed by atoms with van der Waals surface area (Å²) in [6.07, 6.45) is -1.31. The van der Waals surface area contributed by atoms with Gasteiger partial charge >= 0.3 is 0 Å². The molecule has 0 saturated heterocycles. The van der Waals surface area contributed by atoms with Gasteiger partial charge in [-0.05, 0) is 76.9 Å². The fourth-order valence-electron chi connectivity index (χ4n) is 2.92. The summed E-state index contributed by atoms with van der Waals surface area (Å²) in [7, 11) is 0. The Kier molecular flexibility index (Phi) is 11.4. The molecule has 0 aromatic heterocycles. The molecule has 0 bridgehead atoms. The van der Waals surface area contributed by atoms with Gasteiger partial charge in [-0.3, -0.25) is 0 Å². The molecule has 8 nitrogen and oxygen atoms in total. The Hall–Kier alpha value is -2.20. The third kappa shape index (κ3) is 10.8. The molecule has 0 amide bonds. The van der Waals surface area contributed by atoms with Gasteiger partial charge in [0.2, 0.25) is 0 Å². The molecule has 0 radical (unpaired) electrons. The molecule has 8 N–H and O–H groups in total. The van der Waals surface area contributed by atoms with Gasteiger partial charge in [-0.1, -0.05) is 12.1 Å². The number of aromatic hydroxyl groups is 2. The van der Waals surface area contributed by atoms with Crippen molar-refractivity contribution in [3.05, 3.63) is 58.7 Å². The van der Waals surface area contributed by atoms with Gasteiger partial charge in [-0.2, -0.15) is 0 Å². The molecule has 2 atom stereocenters. The maximum atomic E-state index is 9.97. The maximum Gasteiger partial charge on any atom is 0.121 e. The van der Waals surface area contributed by atoms with Gasteiger partial charge in [-0.25, -0.2) is 0 Å². The third-order valence-electron chi connectivity index (χ3n) is 4.97. The Bertz CT molecular complexity index is 816. The molecule has 2 rings (SSSR count). The van der Waals surface area contributed by atoms with E-state index in [0.29, 0.717) is 35.3 Å². The molecule has 192 valence electrons. The molecule has 0 heterocycles. The van der Waals surface area contributed by atoms with Crippen LogP contribution < -0.4 is 10.6 Å². The highest BCUT2D eigenvalue weighted by molar-refractivity contribution is 5.37. The van der Waals surface area contributed by atoms with Gasteiger partial charge < -0.3 is 41.3 Å². The lowest BCUT2D eigenvalue weighted by Crippen LogP contribution is -2.38. The summed E-state index contributed by atoms with van der Waals surface area (Å²) in [4.78, 5) is 0. The minimum absolute atomic E-state index is 0.0484. The number of phenols is 2. The average molecular weight is 479 g/mol. The van der Waals surface area contributed by atoms with Crippen LogP contribution in [0.5, 0.6) is 11.5 Å². The lowest BCUT2D eigenvalue weighted by atomic mass is 10.0. The van der Waals surface area contributed by atoms with E-state index in [-0.39, 0.29) is 35.8 Å². The van der Waals surface area contributed by atoms with Gasteiger partial charge in [-0.15, -0.1) is 0 Å². The van der Waals surface area contributed by atoms with Gasteiger partial charge in [0, 0.05) is 35.3 Å². The monoisotopic (exact) mass is 478 g/mol. The first-order chi connectivity index (χ1) is 15.7. The van der Waals surface area contributed by atoms with Crippen LogP contribution in [0.3, 0.4) is 0 Å². The minimum Gasteiger partial charge on any atom is -0.508 e. The summed E-state index contributed by atoms with van der Waals surface area (Å²) in [6, 6.07) is 9.52. The van der Waals surface area contributed by atoms with Crippen LogP contribution in [0.2, 0.25) is 0 Å². The maximum absolute atomic E-state index is 9.97. The first-order valence-electron chi connectivity index (χ1n) is 11.4. The summed E-state index contributed by atoms with van der Waals surface area (Å²) in [5.74, 6) is 0.0967. The predicted octanol–water partition coefficient (Wildman–Crippen LogP) is 2.61. The van der Waals surface area contributed by atoms with Crippen LogP contribution in [0.1, 0.15) is 76.0 Å². The van der Waals surface area contributed by atoms with Crippen molar-refractivity contribution < 1.29 is 30.6 Å². The smallest absolute Gasteiger partial charge is 0.121 e. The molecule has 0 saturated carbocycles. The Morgan fingerprint density at radius 2 is 0.971 bits per heavy atom. The second-order valence-electron chi connectivity index (χ2n) is 10.4. The van der Waals surface area contributed by atoms with E-state index in [2.05, 4.69) is 10.6 Å². The Labute approximate surface area is 202 Å². The number of aliphatic hydroxyl groups is 4. The molecule has 34 heavy (non-hydrogen) atoms. The van der Waals surface area contributed by atoms with E-state index in [1.54, 1.807) is 24.3 Å². The molecule has 0 unspecified atom stereocenters. The molecule has 0 aliphatic carbocycles. The zero-order valence-corrected chi connectivity index (χ0v) is 21.1. The largest absolute Gasteiger partial charge is 0.508 e. The fourth-order valence-corrected chi connectivity index (χ4v) is 2.92. The summed E-state index contributed by atoms with van der Waals surface area (Å²) in [5, 5.41) is 63.2. The van der Waals surface area contributed by atoms with Crippen molar-refractivity contribution >= 4 is 0 Å². The van der Waals surface area contributed by atoms with Crippen LogP contribution in [0, 0.1) is 0 Å². The first kappa shape index (κ1) is 29.8. The van der Waals surface area contributed by atoms with Crippen LogP contribution in [0.25, 0.3) is 0 Å². The van der Waals surface area contributed by atoms with E-state index in [4.69, 9.17) is 10.2 Å². The highest BCUT2D eigenvalue weighted by Crippen LogP contribution is 2.23. The van der Waals surface area contributed by atoms with E-state index in [1.807, 2.05) is 41.5 Å². The molecule has 0 aliphatic heterocycles. The van der Waals surface area contributed by atoms with Crippen molar-refractivity contribution in [1.82, 2.24) is 10.6 Å². The Morgan fingerprint density at radius 3 is 1.24 bits per heavy atom.